The van der Waals surface area contributed by atoms with Gasteiger partial charge in [-0.2, -0.15) is 0 Å². The Morgan fingerprint density at radius 3 is 2.45 bits per heavy atom. The van der Waals surface area contributed by atoms with Crippen LogP contribution in [0.4, 0.5) is 0 Å². The molecule has 5 heteroatoms. The van der Waals surface area contributed by atoms with E-state index in [1.807, 2.05) is 0 Å². The summed E-state index contributed by atoms with van der Waals surface area (Å²) in [4.78, 5) is 14.3. The molecule has 66 valence electrons. The number of hydrogen-bond acceptors (Lipinski definition) is 5. The average molecular weight is 163 g/mol. The van der Waals surface area contributed by atoms with E-state index in [0.29, 0.717) is 6.29 Å². The second-order valence-corrected chi connectivity index (χ2v) is 2.35. The molecule has 3 atom stereocenters. The molecule has 0 saturated carbocycles. The molecule has 0 heterocycles. The van der Waals surface area contributed by atoms with Crippen LogP contribution in [-0.4, -0.2) is 34.8 Å². The van der Waals surface area contributed by atoms with E-state index in [4.69, 9.17) is 16.1 Å². The second-order valence-electron chi connectivity index (χ2n) is 2.35. The summed E-state index contributed by atoms with van der Waals surface area (Å²) >= 11 is 0. The van der Waals surface area contributed by atoms with Crippen LogP contribution in [0.1, 0.15) is 13.3 Å². The molecule has 4 N–H and O–H groups in total. The molecule has 0 rings (SSSR count). The highest BCUT2D eigenvalue weighted by molar-refractivity contribution is 5.55. The lowest BCUT2D eigenvalue weighted by Gasteiger charge is -2.17. The van der Waals surface area contributed by atoms with Crippen LogP contribution in [0.15, 0.2) is 0 Å². The number of aliphatic hydroxyl groups excluding tert-OH is 2. The van der Waals surface area contributed by atoms with Gasteiger partial charge in [0.2, 0.25) is 0 Å². The minimum Gasteiger partial charge on any atom is -0.391 e. The second kappa shape index (κ2) is 5.20. The van der Waals surface area contributed by atoms with Crippen LogP contribution in [0.25, 0.3) is 0 Å². The zero-order valence-electron chi connectivity index (χ0n) is 6.30. The van der Waals surface area contributed by atoms with E-state index < -0.39 is 18.3 Å². The molecule has 0 bridgehead atoms. The van der Waals surface area contributed by atoms with Gasteiger partial charge in [-0.3, -0.25) is 4.84 Å². The molecule has 0 aliphatic carbocycles. The van der Waals surface area contributed by atoms with Crippen LogP contribution in [-0.2, 0) is 9.63 Å². The Kier molecular flexibility index (Phi) is 4.97. The lowest BCUT2D eigenvalue weighted by molar-refractivity contribution is -0.118. The molecule has 0 aliphatic rings. The number of carbonyl (C=O) groups is 1. The Balaban J connectivity index is 3.77. The van der Waals surface area contributed by atoms with Crippen molar-refractivity contribution in [2.45, 2.75) is 31.7 Å². The lowest BCUT2D eigenvalue weighted by Crippen LogP contribution is -2.33. The summed E-state index contributed by atoms with van der Waals surface area (Å²) in [5.74, 6) is 4.79. The Morgan fingerprint density at radius 1 is 1.64 bits per heavy atom. The van der Waals surface area contributed by atoms with Gasteiger partial charge in [0, 0.05) is 6.42 Å². The largest absolute Gasteiger partial charge is 0.391 e. The summed E-state index contributed by atoms with van der Waals surface area (Å²) in [6.07, 6.45) is -2.24. The van der Waals surface area contributed by atoms with Crippen molar-refractivity contribution >= 4 is 6.29 Å². The standard InChI is InChI=1S/C6H13NO4/c1-4(9)6(11-7)2-5(10)3-8/h3-6,9-10H,2,7H2,1H3/t4-,5-,6-/m1/s1. The lowest BCUT2D eigenvalue weighted by atomic mass is 10.1. The van der Waals surface area contributed by atoms with Crippen LogP contribution >= 0.6 is 0 Å². The van der Waals surface area contributed by atoms with Crippen molar-refractivity contribution in [3.05, 3.63) is 0 Å². The van der Waals surface area contributed by atoms with Gasteiger partial charge in [0.25, 0.3) is 0 Å². The predicted molar refractivity (Wildman–Crippen MR) is 37.4 cm³/mol. The Hall–Kier alpha value is -0.490. The summed E-state index contributed by atoms with van der Waals surface area (Å²) in [6, 6.07) is 0. The Labute approximate surface area is 64.7 Å². The average Bonchev–Trinajstić information content (AvgIpc) is 1.99. The number of nitrogens with two attached hydrogens (primary N) is 1. The van der Waals surface area contributed by atoms with Crippen LogP contribution in [0.3, 0.4) is 0 Å². The van der Waals surface area contributed by atoms with Crippen molar-refractivity contribution in [2.75, 3.05) is 0 Å². The van der Waals surface area contributed by atoms with Crippen molar-refractivity contribution in [2.24, 2.45) is 5.90 Å². The zero-order chi connectivity index (χ0) is 8.85. The van der Waals surface area contributed by atoms with Crippen LogP contribution < -0.4 is 5.90 Å². The van der Waals surface area contributed by atoms with Crippen molar-refractivity contribution in [1.29, 1.82) is 0 Å². The summed E-state index contributed by atoms with van der Waals surface area (Å²) in [5, 5.41) is 17.7. The smallest absolute Gasteiger partial charge is 0.148 e. The highest BCUT2D eigenvalue weighted by Crippen LogP contribution is 2.04. The molecule has 0 unspecified atom stereocenters. The van der Waals surface area contributed by atoms with Crippen molar-refractivity contribution in [3.63, 3.8) is 0 Å². The fourth-order valence-corrected chi connectivity index (χ4v) is 0.660. The Morgan fingerprint density at radius 2 is 2.18 bits per heavy atom. The van der Waals surface area contributed by atoms with Crippen molar-refractivity contribution in [3.8, 4) is 0 Å². The van der Waals surface area contributed by atoms with Gasteiger partial charge in [0.15, 0.2) is 0 Å². The maximum atomic E-state index is 9.95. The first-order valence-electron chi connectivity index (χ1n) is 3.28. The van der Waals surface area contributed by atoms with Crippen molar-refractivity contribution in [1.82, 2.24) is 0 Å². The van der Waals surface area contributed by atoms with Gasteiger partial charge in [0.1, 0.15) is 18.5 Å². The van der Waals surface area contributed by atoms with E-state index in [1.165, 1.54) is 6.92 Å². The van der Waals surface area contributed by atoms with E-state index in [9.17, 15) is 4.79 Å². The molecule has 0 radical (unpaired) electrons. The van der Waals surface area contributed by atoms with Crippen molar-refractivity contribution < 1.29 is 19.8 Å². The molecule has 0 aromatic heterocycles. The number of aldehydes is 1. The molecule has 0 amide bonds. The predicted octanol–water partition coefficient (Wildman–Crippen LogP) is -1.42. The van der Waals surface area contributed by atoms with Crippen LogP contribution in [0.2, 0.25) is 0 Å². The van der Waals surface area contributed by atoms with Gasteiger partial charge in [-0.15, -0.1) is 0 Å². The number of hydrogen-bond donors (Lipinski definition) is 3. The van der Waals surface area contributed by atoms with E-state index in [0.717, 1.165) is 0 Å². The van der Waals surface area contributed by atoms with E-state index in [1.54, 1.807) is 0 Å². The topological polar surface area (TPSA) is 92.8 Å². The highest BCUT2D eigenvalue weighted by atomic mass is 16.6. The first-order valence-corrected chi connectivity index (χ1v) is 3.28. The molecule has 0 saturated heterocycles. The first-order chi connectivity index (χ1) is 5.11. The maximum absolute atomic E-state index is 9.95. The summed E-state index contributed by atoms with van der Waals surface area (Å²) < 4.78 is 0. The highest BCUT2D eigenvalue weighted by Gasteiger charge is 2.18. The monoisotopic (exact) mass is 163 g/mol. The molecule has 0 spiro atoms. The van der Waals surface area contributed by atoms with E-state index in [2.05, 4.69) is 4.84 Å². The fourth-order valence-electron chi connectivity index (χ4n) is 0.660. The van der Waals surface area contributed by atoms with Gasteiger partial charge in [-0.25, -0.2) is 5.90 Å². The fraction of sp³-hybridized carbons (Fsp3) is 0.833. The molecule has 11 heavy (non-hydrogen) atoms. The van der Waals surface area contributed by atoms with E-state index >= 15 is 0 Å². The molecule has 0 fully saturated rings. The summed E-state index contributed by atoms with van der Waals surface area (Å²) in [6.45, 7) is 1.47. The SMILES string of the molecule is C[C@@H](O)[C@@H](C[C@@H](O)C=O)ON. The minimum absolute atomic E-state index is 0.0116. The Bertz CT molecular complexity index is 117. The van der Waals surface area contributed by atoms with Gasteiger partial charge in [0.05, 0.1) is 6.10 Å². The van der Waals surface area contributed by atoms with Crippen LogP contribution in [0.5, 0.6) is 0 Å². The third kappa shape index (κ3) is 4.05. The molecule has 5 nitrogen and oxygen atoms in total. The zero-order valence-corrected chi connectivity index (χ0v) is 6.30. The van der Waals surface area contributed by atoms with Crippen LogP contribution in [0, 0.1) is 0 Å². The van der Waals surface area contributed by atoms with Gasteiger partial charge < -0.3 is 15.0 Å². The third-order valence-corrected chi connectivity index (χ3v) is 1.34. The molecular formula is C6H13NO4. The molecule has 0 aromatic carbocycles. The molecule has 0 aromatic rings. The third-order valence-electron chi connectivity index (χ3n) is 1.34. The quantitative estimate of drug-likeness (QED) is 0.341. The normalized spacial score (nSPS) is 18.9. The number of carbonyl (C=O) groups excluding carboxylic acids is 1. The molecule has 0 aliphatic heterocycles. The maximum Gasteiger partial charge on any atom is 0.148 e. The molecular weight excluding hydrogens is 150 g/mol. The first kappa shape index (κ1) is 10.5. The number of rotatable bonds is 5. The van der Waals surface area contributed by atoms with Gasteiger partial charge in [-0.1, -0.05) is 0 Å². The van der Waals surface area contributed by atoms with Gasteiger partial charge >= 0.3 is 0 Å². The minimum atomic E-state index is -1.13. The summed E-state index contributed by atoms with van der Waals surface area (Å²) in [7, 11) is 0. The number of aliphatic hydroxyl groups is 2. The van der Waals surface area contributed by atoms with Gasteiger partial charge in [-0.05, 0) is 6.92 Å². The van der Waals surface area contributed by atoms with E-state index in [-0.39, 0.29) is 6.42 Å². The summed E-state index contributed by atoms with van der Waals surface area (Å²) in [5.41, 5.74) is 0.